The summed E-state index contributed by atoms with van der Waals surface area (Å²) in [5.41, 5.74) is 0.695. The first-order chi connectivity index (χ1) is 7.67. The van der Waals surface area contributed by atoms with Gasteiger partial charge >= 0.3 is 5.69 Å². The monoisotopic (exact) mass is 217 g/mol. The molecule has 5 nitrogen and oxygen atoms in total. The molecule has 0 aliphatic carbocycles. The van der Waals surface area contributed by atoms with E-state index in [-0.39, 0.29) is 11.1 Å². The van der Waals surface area contributed by atoms with E-state index in [1.165, 1.54) is 0 Å². The number of H-pyrrole nitrogens is 1. The summed E-state index contributed by atoms with van der Waals surface area (Å²) in [5, 5.41) is 0. The number of hydrogen-bond acceptors (Lipinski definition) is 3. The second-order valence-electron chi connectivity index (χ2n) is 3.35. The molecule has 0 spiro atoms. The molecule has 0 saturated carbocycles. The predicted octanol–water partition coefficient (Wildman–Crippen LogP) is 0.748. The van der Waals surface area contributed by atoms with E-state index < -0.39 is 5.69 Å². The van der Waals surface area contributed by atoms with Crippen LogP contribution in [0.3, 0.4) is 0 Å². The molecular formula is C11H11N3O2. The van der Waals surface area contributed by atoms with Crippen LogP contribution in [-0.4, -0.2) is 14.5 Å². The van der Waals surface area contributed by atoms with Gasteiger partial charge in [0.15, 0.2) is 5.52 Å². The van der Waals surface area contributed by atoms with Crippen LogP contribution in [-0.2, 0) is 6.54 Å². The summed E-state index contributed by atoms with van der Waals surface area (Å²) < 4.78 is 1.11. The van der Waals surface area contributed by atoms with E-state index in [0.717, 1.165) is 10.1 Å². The van der Waals surface area contributed by atoms with Crippen molar-refractivity contribution in [3.05, 3.63) is 45.2 Å². The average molecular weight is 217 g/mol. The summed E-state index contributed by atoms with van der Waals surface area (Å²) in [7, 11) is 0. The summed E-state index contributed by atoms with van der Waals surface area (Å²) in [6, 6.07) is 1.68. The topological polar surface area (TPSA) is 67.8 Å². The van der Waals surface area contributed by atoms with E-state index in [0.29, 0.717) is 12.1 Å². The molecule has 0 aliphatic heterocycles. The Hall–Kier alpha value is -2.17. The van der Waals surface area contributed by atoms with Crippen molar-refractivity contribution >= 4 is 17.1 Å². The predicted molar refractivity (Wildman–Crippen MR) is 62.4 cm³/mol. The van der Waals surface area contributed by atoms with Gasteiger partial charge in [0.05, 0.1) is 5.52 Å². The van der Waals surface area contributed by atoms with Crippen LogP contribution >= 0.6 is 0 Å². The Bertz CT molecular complexity index is 667. The number of nitrogens with one attached hydrogen (secondary N) is 1. The fraction of sp³-hybridized carbons (Fsp3) is 0.182. The lowest BCUT2D eigenvalue weighted by molar-refractivity contribution is 0.682. The summed E-state index contributed by atoms with van der Waals surface area (Å²) >= 11 is 0. The smallest absolute Gasteiger partial charge is 0.305 e. The van der Waals surface area contributed by atoms with E-state index in [9.17, 15) is 9.59 Å². The van der Waals surface area contributed by atoms with Crippen LogP contribution in [0.1, 0.15) is 12.5 Å². The van der Waals surface area contributed by atoms with Crippen molar-refractivity contribution in [2.45, 2.75) is 13.5 Å². The molecule has 16 heavy (non-hydrogen) atoms. The van der Waals surface area contributed by atoms with Crippen LogP contribution in [0, 0.1) is 0 Å². The van der Waals surface area contributed by atoms with Crippen molar-refractivity contribution in [2.24, 2.45) is 0 Å². The molecule has 0 aromatic carbocycles. The SMILES string of the molecule is C=Cc1cnc2c(=O)n(CC)c(=O)[nH]c2c1. The first-order valence-corrected chi connectivity index (χ1v) is 4.92. The van der Waals surface area contributed by atoms with Gasteiger partial charge in [-0.1, -0.05) is 12.7 Å². The van der Waals surface area contributed by atoms with Gasteiger partial charge in [-0.2, -0.15) is 0 Å². The summed E-state index contributed by atoms with van der Waals surface area (Å²) in [6.45, 7) is 5.67. The first-order valence-electron chi connectivity index (χ1n) is 4.92. The van der Waals surface area contributed by atoms with Gasteiger partial charge < -0.3 is 4.98 Å². The summed E-state index contributed by atoms with van der Waals surface area (Å²) in [4.78, 5) is 30.0. The van der Waals surface area contributed by atoms with Gasteiger partial charge in [-0.05, 0) is 18.6 Å². The van der Waals surface area contributed by atoms with Gasteiger partial charge in [0.1, 0.15) is 0 Å². The number of fused-ring (bicyclic) bond motifs is 1. The highest BCUT2D eigenvalue weighted by Crippen LogP contribution is 2.06. The Kier molecular flexibility index (Phi) is 2.44. The Morgan fingerprint density at radius 2 is 2.31 bits per heavy atom. The fourth-order valence-electron chi connectivity index (χ4n) is 1.55. The Balaban J connectivity index is 2.92. The molecule has 82 valence electrons. The third kappa shape index (κ3) is 1.46. The van der Waals surface area contributed by atoms with Crippen molar-refractivity contribution in [1.29, 1.82) is 0 Å². The van der Waals surface area contributed by atoms with Crippen LogP contribution in [0.2, 0.25) is 0 Å². The molecule has 0 fully saturated rings. The van der Waals surface area contributed by atoms with Crippen molar-refractivity contribution in [1.82, 2.24) is 14.5 Å². The maximum Gasteiger partial charge on any atom is 0.328 e. The Morgan fingerprint density at radius 1 is 1.56 bits per heavy atom. The summed E-state index contributed by atoms with van der Waals surface area (Å²) in [6.07, 6.45) is 3.16. The second-order valence-corrected chi connectivity index (χ2v) is 3.35. The quantitative estimate of drug-likeness (QED) is 0.807. The lowest BCUT2D eigenvalue weighted by Gasteiger charge is -2.02. The summed E-state index contributed by atoms with van der Waals surface area (Å²) in [5.74, 6) is 0. The highest BCUT2D eigenvalue weighted by Gasteiger charge is 2.06. The minimum absolute atomic E-state index is 0.270. The molecular weight excluding hydrogens is 206 g/mol. The lowest BCUT2D eigenvalue weighted by Crippen LogP contribution is -2.34. The van der Waals surface area contributed by atoms with Gasteiger partial charge in [0, 0.05) is 12.7 Å². The van der Waals surface area contributed by atoms with E-state index in [1.54, 1.807) is 25.3 Å². The van der Waals surface area contributed by atoms with Crippen LogP contribution < -0.4 is 11.2 Å². The number of rotatable bonds is 2. The van der Waals surface area contributed by atoms with Crippen LogP contribution in [0.15, 0.2) is 28.4 Å². The minimum atomic E-state index is -0.414. The maximum atomic E-state index is 11.8. The second kappa shape index (κ2) is 3.77. The Morgan fingerprint density at radius 3 is 2.94 bits per heavy atom. The number of aromatic nitrogens is 3. The normalized spacial score (nSPS) is 10.6. The fourth-order valence-corrected chi connectivity index (χ4v) is 1.55. The van der Waals surface area contributed by atoms with Crippen LogP contribution in [0.5, 0.6) is 0 Å². The molecule has 0 saturated heterocycles. The molecule has 2 rings (SSSR count). The van der Waals surface area contributed by atoms with E-state index in [2.05, 4.69) is 16.5 Å². The van der Waals surface area contributed by atoms with Crippen molar-refractivity contribution < 1.29 is 0 Å². The zero-order chi connectivity index (χ0) is 11.7. The molecule has 1 N–H and O–H groups in total. The molecule has 0 amide bonds. The molecule has 0 bridgehead atoms. The van der Waals surface area contributed by atoms with Crippen LogP contribution in [0.25, 0.3) is 17.1 Å². The Labute approximate surface area is 91.1 Å². The van der Waals surface area contributed by atoms with Gasteiger partial charge in [0.2, 0.25) is 0 Å². The van der Waals surface area contributed by atoms with Gasteiger partial charge in [-0.15, -0.1) is 0 Å². The standard InChI is InChI=1S/C11H11N3O2/c1-3-7-5-8-9(12-6-7)10(15)14(4-2)11(16)13-8/h3,5-6H,1,4H2,2H3,(H,13,16). The molecule has 5 heteroatoms. The van der Waals surface area contributed by atoms with E-state index in [1.807, 2.05) is 0 Å². The maximum absolute atomic E-state index is 11.8. The van der Waals surface area contributed by atoms with Gasteiger partial charge in [-0.25, -0.2) is 9.78 Å². The van der Waals surface area contributed by atoms with Crippen molar-refractivity contribution in [2.75, 3.05) is 0 Å². The molecule has 2 heterocycles. The zero-order valence-corrected chi connectivity index (χ0v) is 8.86. The van der Waals surface area contributed by atoms with Gasteiger partial charge in [-0.3, -0.25) is 9.36 Å². The molecule has 0 unspecified atom stereocenters. The van der Waals surface area contributed by atoms with Crippen molar-refractivity contribution in [3.8, 4) is 0 Å². The highest BCUT2D eigenvalue weighted by molar-refractivity contribution is 5.75. The lowest BCUT2D eigenvalue weighted by atomic mass is 10.2. The zero-order valence-electron chi connectivity index (χ0n) is 8.86. The third-order valence-electron chi connectivity index (χ3n) is 2.40. The molecule has 2 aromatic rings. The largest absolute Gasteiger partial charge is 0.328 e. The number of aromatic amines is 1. The molecule has 0 atom stereocenters. The van der Waals surface area contributed by atoms with Crippen molar-refractivity contribution in [3.63, 3.8) is 0 Å². The number of nitrogens with zero attached hydrogens (tertiary/aromatic N) is 2. The molecule has 2 aromatic heterocycles. The molecule has 0 radical (unpaired) electrons. The molecule has 0 aliphatic rings. The first kappa shape index (κ1) is 10.4. The average Bonchev–Trinajstić information content (AvgIpc) is 2.28. The minimum Gasteiger partial charge on any atom is -0.305 e. The number of pyridine rings is 1. The van der Waals surface area contributed by atoms with E-state index in [4.69, 9.17) is 0 Å². The third-order valence-corrected chi connectivity index (χ3v) is 2.40. The number of hydrogen-bond donors (Lipinski definition) is 1. The van der Waals surface area contributed by atoms with Crippen LogP contribution in [0.4, 0.5) is 0 Å². The highest BCUT2D eigenvalue weighted by atomic mass is 16.2. The van der Waals surface area contributed by atoms with Gasteiger partial charge in [0.25, 0.3) is 5.56 Å². The van der Waals surface area contributed by atoms with E-state index >= 15 is 0 Å².